The summed E-state index contributed by atoms with van der Waals surface area (Å²) in [6.45, 7) is 1.65. The number of carbonyl (C=O) groups excluding carboxylic acids is 1. The summed E-state index contributed by atoms with van der Waals surface area (Å²) in [6.07, 6.45) is 1.71. The molecule has 114 valence electrons. The van der Waals surface area contributed by atoms with E-state index in [1.807, 2.05) is 17.7 Å². The van der Waals surface area contributed by atoms with Crippen molar-refractivity contribution in [2.75, 3.05) is 26.8 Å². The standard InChI is InChI=1S/C15H21N3O3/c1-15(8-19,9-20)7-17(2)14(21)11-4-5-13-12(6-11)16-10-18(13)3/h4-6,10,19-20H,7-9H2,1-3H3. The van der Waals surface area contributed by atoms with Gasteiger partial charge in [0.05, 0.1) is 30.6 Å². The highest BCUT2D eigenvalue weighted by Gasteiger charge is 2.27. The van der Waals surface area contributed by atoms with Gasteiger partial charge < -0.3 is 19.7 Å². The Bertz CT molecular complexity index is 647. The number of rotatable bonds is 5. The molecule has 1 aromatic carbocycles. The molecule has 0 radical (unpaired) electrons. The Morgan fingerprint density at radius 3 is 2.67 bits per heavy atom. The summed E-state index contributed by atoms with van der Waals surface area (Å²) in [5.41, 5.74) is 1.56. The first-order valence-corrected chi connectivity index (χ1v) is 6.78. The van der Waals surface area contributed by atoms with E-state index in [2.05, 4.69) is 4.98 Å². The van der Waals surface area contributed by atoms with Crippen molar-refractivity contribution in [1.29, 1.82) is 0 Å². The van der Waals surface area contributed by atoms with Crippen LogP contribution in [0.2, 0.25) is 0 Å². The van der Waals surface area contributed by atoms with Crippen LogP contribution in [-0.4, -0.2) is 57.4 Å². The van der Waals surface area contributed by atoms with Gasteiger partial charge in [0.1, 0.15) is 0 Å². The van der Waals surface area contributed by atoms with Crippen LogP contribution in [0.25, 0.3) is 11.0 Å². The van der Waals surface area contributed by atoms with Gasteiger partial charge in [-0.05, 0) is 18.2 Å². The van der Waals surface area contributed by atoms with Crippen LogP contribution in [0, 0.1) is 5.41 Å². The van der Waals surface area contributed by atoms with E-state index in [9.17, 15) is 15.0 Å². The van der Waals surface area contributed by atoms with Gasteiger partial charge in [0.2, 0.25) is 0 Å². The maximum absolute atomic E-state index is 12.4. The highest BCUT2D eigenvalue weighted by Crippen LogP contribution is 2.19. The number of aromatic nitrogens is 2. The quantitative estimate of drug-likeness (QED) is 0.847. The summed E-state index contributed by atoms with van der Waals surface area (Å²) < 4.78 is 1.89. The Labute approximate surface area is 123 Å². The number of nitrogens with zero attached hydrogens (tertiary/aromatic N) is 3. The van der Waals surface area contributed by atoms with Crippen LogP contribution in [0.3, 0.4) is 0 Å². The Balaban J connectivity index is 2.21. The number of aliphatic hydroxyl groups is 2. The second-order valence-corrected chi connectivity index (χ2v) is 5.85. The summed E-state index contributed by atoms with van der Waals surface area (Å²) in [6, 6.07) is 5.38. The highest BCUT2D eigenvalue weighted by atomic mass is 16.3. The minimum absolute atomic E-state index is 0.157. The van der Waals surface area contributed by atoms with Crippen LogP contribution in [0.1, 0.15) is 17.3 Å². The first-order chi connectivity index (χ1) is 9.90. The fourth-order valence-electron chi connectivity index (χ4n) is 2.28. The van der Waals surface area contributed by atoms with Gasteiger partial charge in [-0.15, -0.1) is 0 Å². The Morgan fingerprint density at radius 1 is 1.38 bits per heavy atom. The number of imidazole rings is 1. The van der Waals surface area contributed by atoms with E-state index in [1.54, 1.807) is 32.4 Å². The zero-order valence-electron chi connectivity index (χ0n) is 12.6. The minimum atomic E-state index is -0.709. The number of benzene rings is 1. The zero-order chi connectivity index (χ0) is 15.6. The summed E-state index contributed by atoms with van der Waals surface area (Å²) in [4.78, 5) is 18.2. The molecule has 2 rings (SSSR count). The molecule has 0 aliphatic carbocycles. The molecule has 0 saturated heterocycles. The van der Waals surface area contributed by atoms with Crippen LogP contribution in [0.4, 0.5) is 0 Å². The molecule has 0 atom stereocenters. The van der Waals surface area contributed by atoms with E-state index in [0.717, 1.165) is 11.0 Å². The van der Waals surface area contributed by atoms with Crippen LogP contribution < -0.4 is 0 Å². The molecule has 0 saturated carbocycles. The SMILES string of the molecule is CN(CC(C)(CO)CO)C(=O)c1ccc2c(c1)ncn2C. The first kappa shape index (κ1) is 15.5. The van der Waals surface area contributed by atoms with Gasteiger partial charge in [-0.2, -0.15) is 0 Å². The molecular weight excluding hydrogens is 270 g/mol. The van der Waals surface area contributed by atoms with Crippen molar-refractivity contribution in [3.63, 3.8) is 0 Å². The average Bonchev–Trinajstić information content (AvgIpc) is 2.87. The van der Waals surface area contributed by atoms with Crippen molar-refractivity contribution in [3.05, 3.63) is 30.1 Å². The van der Waals surface area contributed by atoms with E-state index in [1.165, 1.54) is 4.90 Å². The van der Waals surface area contributed by atoms with Crippen LogP contribution in [0.15, 0.2) is 24.5 Å². The molecule has 6 heteroatoms. The molecule has 2 N–H and O–H groups in total. The fourth-order valence-corrected chi connectivity index (χ4v) is 2.28. The number of amides is 1. The van der Waals surface area contributed by atoms with E-state index < -0.39 is 5.41 Å². The lowest BCUT2D eigenvalue weighted by Gasteiger charge is -2.30. The number of carbonyl (C=O) groups is 1. The van der Waals surface area contributed by atoms with Gasteiger partial charge in [0.15, 0.2) is 0 Å². The van der Waals surface area contributed by atoms with Crippen LogP contribution >= 0.6 is 0 Å². The highest BCUT2D eigenvalue weighted by molar-refractivity contribution is 5.97. The molecule has 0 unspecified atom stereocenters. The Morgan fingerprint density at radius 2 is 2.05 bits per heavy atom. The molecule has 0 fully saturated rings. The molecule has 21 heavy (non-hydrogen) atoms. The molecule has 0 aliphatic rings. The van der Waals surface area contributed by atoms with Crippen molar-refractivity contribution in [2.24, 2.45) is 12.5 Å². The Kier molecular flexibility index (Phi) is 4.29. The summed E-state index contributed by atoms with van der Waals surface area (Å²) >= 11 is 0. The molecule has 1 heterocycles. The number of aliphatic hydroxyl groups excluding tert-OH is 2. The normalized spacial score (nSPS) is 11.9. The van der Waals surface area contributed by atoms with Gasteiger partial charge in [0.25, 0.3) is 5.91 Å². The van der Waals surface area contributed by atoms with Gasteiger partial charge in [-0.1, -0.05) is 6.92 Å². The molecule has 1 aromatic heterocycles. The van der Waals surface area contributed by atoms with Crippen LogP contribution in [-0.2, 0) is 7.05 Å². The average molecular weight is 291 g/mol. The number of fused-ring (bicyclic) bond motifs is 1. The largest absolute Gasteiger partial charge is 0.396 e. The maximum atomic E-state index is 12.4. The van der Waals surface area contributed by atoms with E-state index in [0.29, 0.717) is 5.56 Å². The van der Waals surface area contributed by atoms with E-state index in [-0.39, 0.29) is 25.7 Å². The smallest absolute Gasteiger partial charge is 0.253 e. The second kappa shape index (κ2) is 5.83. The van der Waals surface area contributed by atoms with Crippen molar-refractivity contribution in [2.45, 2.75) is 6.92 Å². The summed E-state index contributed by atoms with van der Waals surface area (Å²) in [7, 11) is 3.56. The summed E-state index contributed by atoms with van der Waals surface area (Å²) in [5, 5.41) is 18.6. The van der Waals surface area contributed by atoms with Crippen LogP contribution in [0.5, 0.6) is 0 Å². The van der Waals surface area contributed by atoms with Gasteiger partial charge in [-0.3, -0.25) is 4.79 Å². The van der Waals surface area contributed by atoms with Crippen molar-refractivity contribution in [3.8, 4) is 0 Å². The third kappa shape index (κ3) is 3.06. The molecular formula is C15H21N3O3. The molecule has 0 aliphatic heterocycles. The topological polar surface area (TPSA) is 78.6 Å². The van der Waals surface area contributed by atoms with Crippen molar-refractivity contribution in [1.82, 2.24) is 14.5 Å². The summed E-state index contributed by atoms with van der Waals surface area (Å²) in [5.74, 6) is -0.157. The third-order valence-electron chi connectivity index (χ3n) is 3.70. The van der Waals surface area contributed by atoms with Gasteiger partial charge >= 0.3 is 0 Å². The van der Waals surface area contributed by atoms with E-state index in [4.69, 9.17) is 0 Å². The number of hydrogen-bond acceptors (Lipinski definition) is 4. The predicted molar refractivity (Wildman–Crippen MR) is 80.0 cm³/mol. The fraction of sp³-hybridized carbons (Fsp3) is 0.467. The van der Waals surface area contributed by atoms with Crippen molar-refractivity contribution < 1.29 is 15.0 Å². The number of aryl methyl sites for hydroxylation is 1. The second-order valence-electron chi connectivity index (χ2n) is 5.85. The molecule has 6 nitrogen and oxygen atoms in total. The molecule has 1 amide bonds. The molecule has 0 spiro atoms. The lowest BCUT2D eigenvalue weighted by atomic mass is 9.92. The third-order valence-corrected chi connectivity index (χ3v) is 3.70. The van der Waals surface area contributed by atoms with Gasteiger partial charge in [0, 0.05) is 31.6 Å². The monoisotopic (exact) mass is 291 g/mol. The minimum Gasteiger partial charge on any atom is -0.396 e. The van der Waals surface area contributed by atoms with E-state index >= 15 is 0 Å². The lowest BCUT2D eigenvalue weighted by molar-refractivity contribution is 0.0366. The van der Waals surface area contributed by atoms with Crippen molar-refractivity contribution >= 4 is 16.9 Å². The van der Waals surface area contributed by atoms with Gasteiger partial charge in [-0.25, -0.2) is 4.98 Å². The maximum Gasteiger partial charge on any atom is 0.253 e. The first-order valence-electron chi connectivity index (χ1n) is 6.78. The Hall–Kier alpha value is -1.92. The zero-order valence-corrected chi connectivity index (χ0v) is 12.6. The molecule has 0 bridgehead atoms. The lowest BCUT2D eigenvalue weighted by Crippen LogP contribution is -2.41. The predicted octanol–water partition coefficient (Wildman–Crippen LogP) is 0.636. The molecule has 2 aromatic rings. The number of hydrogen-bond donors (Lipinski definition) is 2.